The topological polar surface area (TPSA) is 113 Å². The molecule has 0 saturated heterocycles. The van der Waals surface area contributed by atoms with Crippen LogP contribution in [0.3, 0.4) is 0 Å². The molecule has 1 aliphatic carbocycles. The molecule has 1 fully saturated rings. The van der Waals surface area contributed by atoms with Crippen LogP contribution in [0.2, 0.25) is 0 Å². The van der Waals surface area contributed by atoms with Gasteiger partial charge in [-0.2, -0.15) is 0 Å². The molecule has 2 aromatic rings. The second-order valence-electron chi connectivity index (χ2n) is 5.73. The van der Waals surface area contributed by atoms with Gasteiger partial charge in [0.05, 0.1) is 18.5 Å². The molecule has 0 radical (unpaired) electrons. The Morgan fingerprint density at radius 2 is 2.14 bits per heavy atom. The van der Waals surface area contributed by atoms with E-state index in [4.69, 9.17) is 5.73 Å². The molecule has 3 rings (SSSR count). The Morgan fingerprint density at radius 3 is 2.76 bits per heavy atom. The zero-order chi connectivity index (χ0) is 15.1. The van der Waals surface area contributed by atoms with Gasteiger partial charge in [0.25, 0.3) is 0 Å². The molecule has 21 heavy (non-hydrogen) atoms. The average Bonchev–Trinajstić information content (AvgIpc) is 3.01. The summed E-state index contributed by atoms with van der Waals surface area (Å²) in [6.07, 6.45) is 3.02. The summed E-state index contributed by atoms with van der Waals surface area (Å²) in [6.45, 7) is -0.0285. The van der Waals surface area contributed by atoms with E-state index < -0.39 is 12.1 Å². The summed E-state index contributed by atoms with van der Waals surface area (Å²) in [5.41, 5.74) is 7.33. The predicted molar refractivity (Wildman–Crippen MR) is 77.9 cm³/mol. The van der Waals surface area contributed by atoms with Gasteiger partial charge in [0.15, 0.2) is 17.0 Å². The predicted octanol–water partition coefficient (Wildman–Crippen LogP) is -0.866. The molecule has 4 atom stereocenters. The Balaban J connectivity index is 2.04. The molecular formula is C13H20N6O2. The number of fused-ring (bicyclic) bond motifs is 1. The first-order valence-electron chi connectivity index (χ1n) is 6.94. The van der Waals surface area contributed by atoms with Gasteiger partial charge in [-0.25, -0.2) is 15.0 Å². The smallest absolute Gasteiger partial charge is 0.165 e. The minimum absolute atomic E-state index is 0.0285. The quantitative estimate of drug-likeness (QED) is 0.674. The van der Waals surface area contributed by atoms with E-state index in [1.807, 2.05) is 23.6 Å². The minimum Gasteiger partial charge on any atom is -0.396 e. The molecule has 0 spiro atoms. The molecule has 8 nitrogen and oxygen atoms in total. The van der Waals surface area contributed by atoms with E-state index in [-0.39, 0.29) is 18.6 Å². The summed E-state index contributed by atoms with van der Waals surface area (Å²) in [6, 6.07) is -0.667. The van der Waals surface area contributed by atoms with Gasteiger partial charge in [-0.05, 0) is 6.42 Å². The zero-order valence-electron chi connectivity index (χ0n) is 12.1. The lowest BCUT2D eigenvalue weighted by Crippen LogP contribution is -2.38. The fraction of sp³-hybridized carbons (Fsp3) is 0.615. The van der Waals surface area contributed by atoms with Crippen LogP contribution in [0.4, 0.5) is 5.82 Å². The van der Waals surface area contributed by atoms with E-state index >= 15 is 0 Å². The molecule has 0 amide bonds. The summed E-state index contributed by atoms with van der Waals surface area (Å²) in [4.78, 5) is 14.8. The lowest BCUT2D eigenvalue weighted by atomic mass is 10.1. The molecule has 0 bridgehead atoms. The summed E-state index contributed by atoms with van der Waals surface area (Å²) in [7, 11) is 3.78. The highest BCUT2D eigenvalue weighted by Gasteiger charge is 2.41. The number of aliphatic hydroxyl groups excluding tert-OH is 2. The number of rotatable bonds is 3. The molecule has 1 saturated carbocycles. The van der Waals surface area contributed by atoms with Crippen molar-refractivity contribution in [1.82, 2.24) is 19.5 Å². The van der Waals surface area contributed by atoms with Crippen LogP contribution in [0.25, 0.3) is 11.2 Å². The van der Waals surface area contributed by atoms with Crippen molar-refractivity contribution < 1.29 is 10.2 Å². The number of aromatic nitrogens is 4. The number of aliphatic hydroxyl groups is 2. The standard InChI is InChI=1S/C13H20N6O2/c1-18(2)12-10-13(16-5-15-12)19(6-17-10)8-3-7(4-20)9(14)11(8)21/h5-9,11,20-21H,3-4,14H2,1-2H3/t7-,8-,9+,11-/m0/s1. The van der Waals surface area contributed by atoms with Crippen LogP contribution in [-0.4, -0.2) is 62.6 Å². The first kappa shape index (κ1) is 14.2. The highest BCUT2D eigenvalue weighted by molar-refractivity contribution is 5.83. The summed E-state index contributed by atoms with van der Waals surface area (Å²) in [5, 5.41) is 19.7. The van der Waals surface area contributed by atoms with Gasteiger partial charge in [0, 0.05) is 32.7 Å². The van der Waals surface area contributed by atoms with Crippen molar-refractivity contribution in [3.05, 3.63) is 12.7 Å². The van der Waals surface area contributed by atoms with E-state index in [9.17, 15) is 10.2 Å². The number of nitrogens with zero attached hydrogens (tertiary/aromatic N) is 5. The van der Waals surface area contributed by atoms with Gasteiger partial charge in [-0.1, -0.05) is 0 Å². The Bertz CT molecular complexity index is 643. The van der Waals surface area contributed by atoms with Crippen molar-refractivity contribution >= 4 is 17.0 Å². The lowest BCUT2D eigenvalue weighted by Gasteiger charge is -2.19. The number of nitrogens with two attached hydrogens (primary N) is 1. The van der Waals surface area contributed by atoms with Crippen molar-refractivity contribution in [2.24, 2.45) is 11.7 Å². The van der Waals surface area contributed by atoms with Gasteiger partial charge >= 0.3 is 0 Å². The molecular weight excluding hydrogens is 272 g/mol. The van der Waals surface area contributed by atoms with E-state index in [2.05, 4.69) is 15.0 Å². The van der Waals surface area contributed by atoms with E-state index in [0.29, 0.717) is 17.6 Å². The van der Waals surface area contributed by atoms with Gasteiger partial charge in [-0.15, -0.1) is 0 Å². The van der Waals surface area contributed by atoms with Crippen LogP contribution < -0.4 is 10.6 Å². The molecule has 0 aromatic carbocycles. The van der Waals surface area contributed by atoms with Crippen LogP contribution in [0.1, 0.15) is 12.5 Å². The second kappa shape index (κ2) is 5.21. The molecule has 2 aromatic heterocycles. The number of anilines is 1. The third kappa shape index (κ3) is 2.15. The Kier molecular flexibility index (Phi) is 3.52. The second-order valence-corrected chi connectivity index (χ2v) is 5.73. The number of hydrogen-bond donors (Lipinski definition) is 3. The largest absolute Gasteiger partial charge is 0.396 e. The van der Waals surface area contributed by atoms with Crippen LogP contribution >= 0.6 is 0 Å². The maximum atomic E-state index is 10.3. The fourth-order valence-corrected chi connectivity index (χ4v) is 3.03. The third-order valence-corrected chi connectivity index (χ3v) is 4.23. The first-order chi connectivity index (χ1) is 10.0. The lowest BCUT2D eigenvalue weighted by molar-refractivity contribution is 0.113. The van der Waals surface area contributed by atoms with Crippen LogP contribution in [0, 0.1) is 5.92 Å². The minimum atomic E-state index is -0.725. The van der Waals surface area contributed by atoms with Crippen molar-refractivity contribution in [1.29, 1.82) is 0 Å². The van der Waals surface area contributed by atoms with Crippen molar-refractivity contribution in [2.75, 3.05) is 25.6 Å². The van der Waals surface area contributed by atoms with Gasteiger partial charge in [0.2, 0.25) is 0 Å². The van der Waals surface area contributed by atoms with Crippen LogP contribution in [0.15, 0.2) is 12.7 Å². The summed E-state index contributed by atoms with van der Waals surface area (Å²) in [5.74, 6) is 0.617. The monoisotopic (exact) mass is 292 g/mol. The van der Waals surface area contributed by atoms with E-state index in [1.165, 1.54) is 6.33 Å². The molecule has 114 valence electrons. The SMILES string of the molecule is CN(C)c1ncnc2c1ncn2[C@H]1C[C@@H](CO)[C@@H](N)[C@H]1O. The fourth-order valence-electron chi connectivity index (χ4n) is 3.03. The van der Waals surface area contributed by atoms with Gasteiger partial charge < -0.3 is 25.4 Å². The molecule has 4 N–H and O–H groups in total. The van der Waals surface area contributed by atoms with E-state index in [1.54, 1.807) is 6.33 Å². The Labute approximate surface area is 122 Å². The highest BCUT2D eigenvalue weighted by atomic mass is 16.3. The van der Waals surface area contributed by atoms with Gasteiger partial charge in [0.1, 0.15) is 6.33 Å². The van der Waals surface area contributed by atoms with E-state index in [0.717, 1.165) is 5.82 Å². The molecule has 1 aliphatic rings. The third-order valence-electron chi connectivity index (χ3n) is 4.23. The highest BCUT2D eigenvalue weighted by Crippen LogP contribution is 2.36. The number of imidazole rings is 1. The van der Waals surface area contributed by atoms with Crippen molar-refractivity contribution in [3.8, 4) is 0 Å². The molecule has 0 aliphatic heterocycles. The molecule has 0 unspecified atom stereocenters. The zero-order valence-corrected chi connectivity index (χ0v) is 12.1. The number of hydrogen-bond acceptors (Lipinski definition) is 7. The Hall–Kier alpha value is -1.77. The maximum Gasteiger partial charge on any atom is 0.165 e. The molecule has 2 heterocycles. The van der Waals surface area contributed by atoms with Crippen molar-refractivity contribution in [2.45, 2.75) is 24.6 Å². The first-order valence-corrected chi connectivity index (χ1v) is 6.94. The van der Waals surface area contributed by atoms with Crippen LogP contribution in [-0.2, 0) is 0 Å². The maximum absolute atomic E-state index is 10.3. The van der Waals surface area contributed by atoms with Crippen LogP contribution in [0.5, 0.6) is 0 Å². The summed E-state index contributed by atoms with van der Waals surface area (Å²) >= 11 is 0. The summed E-state index contributed by atoms with van der Waals surface area (Å²) < 4.78 is 1.84. The Morgan fingerprint density at radius 1 is 1.38 bits per heavy atom. The average molecular weight is 292 g/mol. The van der Waals surface area contributed by atoms with Crippen molar-refractivity contribution in [3.63, 3.8) is 0 Å². The van der Waals surface area contributed by atoms with Gasteiger partial charge in [-0.3, -0.25) is 0 Å². The molecule has 8 heteroatoms. The normalized spacial score (nSPS) is 29.2.